The molecule has 14 heavy (non-hydrogen) atoms. The van der Waals surface area contributed by atoms with E-state index in [1.165, 1.54) is 6.07 Å². The predicted molar refractivity (Wildman–Crippen MR) is 60.8 cm³/mol. The van der Waals surface area contributed by atoms with E-state index in [0.717, 1.165) is 3.57 Å². The average Bonchev–Trinajstić information content (AvgIpc) is 1.99. The summed E-state index contributed by atoms with van der Waals surface area (Å²) >= 11 is 1.99. The standard InChI is InChI=1S/C9H6FIO2S/c1-2-7-3-8(5-9(11)4-7)6-14(10,12)13/h1,3-5H,6H2. The van der Waals surface area contributed by atoms with Crippen LogP contribution in [-0.2, 0) is 16.0 Å². The van der Waals surface area contributed by atoms with Crippen LogP contribution in [0.4, 0.5) is 3.89 Å². The second kappa shape index (κ2) is 4.28. The molecule has 0 amide bonds. The van der Waals surface area contributed by atoms with Gasteiger partial charge in [-0.1, -0.05) is 5.92 Å². The van der Waals surface area contributed by atoms with Gasteiger partial charge < -0.3 is 0 Å². The molecule has 0 fully saturated rings. The molecule has 0 saturated heterocycles. The van der Waals surface area contributed by atoms with E-state index in [1.54, 1.807) is 12.1 Å². The van der Waals surface area contributed by atoms with Crippen molar-refractivity contribution in [3.05, 3.63) is 32.9 Å². The maximum absolute atomic E-state index is 12.4. The van der Waals surface area contributed by atoms with Gasteiger partial charge in [0.15, 0.2) is 0 Å². The number of benzene rings is 1. The molecular formula is C9H6FIO2S. The Morgan fingerprint density at radius 2 is 2.07 bits per heavy atom. The quantitative estimate of drug-likeness (QED) is 0.474. The third kappa shape index (κ3) is 3.64. The van der Waals surface area contributed by atoms with Gasteiger partial charge >= 0.3 is 10.2 Å². The van der Waals surface area contributed by atoms with Crippen LogP contribution < -0.4 is 0 Å². The Morgan fingerprint density at radius 3 is 2.57 bits per heavy atom. The van der Waals surface area contributed by atoms with Crippen LogP contribution in [0, 0.1) is 15.9 Å². The van der Waals surface area contributed by atoms with E-state index < -0.39 is 16.0 Å². The Labute approximate surface area is 95.9 Å². The minimum Gasteiger partial charge on any atom is -0.194 e. The van der Waals surface area contributed by atoms with Crippen molar-refractivity contribution in [1.29, 1.82) is 0 Å². The smallest absolute Gasteiger partial charge is 0.194 e. The summed E-state index contributed by atoms with van der Waals surface area (Å²) in [6, 6.07) is 4.78. The Bertz CT molecular complexity index is 488. The molecule has 1 aromatic rings. The van der Waals surface area contributed by atoms with Crippen molar-refractivity contribution < 1.29 is 12.3 Å². The van der Waals surface area contributed by atoms with E-state index in [2.05, 4.69) is 5.92 Å². The molecule has 0 heterocycles. The van der Waals surface area contributed by atoms with Crippen molar-refractivity contribution in [2.45, 2.75) is 5.75 Å². The molecule has 0 bridgehead atoms. The van der Waals surface area contributed by atoms with E-state index in [1.807, 2.05) is 22.6 Å². The molecule has 0 aliphatic heterocycles. The van der Waals surface area contributed by atoms with E-state index >= 15 is 0 Å². The lowest BCUT2D eigenvalue weighted by atomic mass is 10.1. The highest BCUT2D eigenvalue weighted by atomic mass is 127. The number of halogens is 2. The first-order valence-corrected chi connectivity index (χ1v) is 6.22. The monoisotopic (exact) mass is 324 g/mol. The van der Waals surface area contributed by atoms with Crippen LogP contribution in [0.15, 0.2) is 18.2 Å². The summed E-state index contributed by atoms with van der Waals surface area (Å²) in [7, 11) is -4.49. The van der Waals surface area contributed by atoms with Gasteiger partial charge in [-0.05, 0) is 46.4 Å². The molecule has 5 heteroatoms. The van der Waals surface area contributed by atoms with E-state index in [4.69, 9.17) is 6.42 Å². The molecule has 0 saturated carbocycles. The summed E-state index contributed by atoms with van der Waals surface area (Å²) in [4.78, 5) is 0. The summed E-state index contributed by atoms with van der Waals surface area (Å²) in [6.07, 6.45) is 5.15. The first kappa shape index (κ1) is 11.5. The predicted octanol–water partition coefficient (Wildman–Crippen LogP) is 2.07. The average molecular weight is 324 g/mol. The second-order valence-electron chi connectivity index (χ2n) is 2.68. The fraction of sp³-hybridized carbons (Fsp3) is 0.111. The third-order valence-electron chi connectivity index (χ3n) is 1.46. The molecule has 0 unspecified atom stereocenters. The van der Waals surface area contributed by atoms with Crippen LogP contribution in [0.3, 0.4) is 0 Å². The molecule has 0 aromatic heterocycles. The van der Waals surface area contributed by atoms with Crippen LogP contribution >= 0.6 is 22.6 Å². The lowest BCUT2D eigenvalue weighted by Crippen LogP contribution is -1.97. The third-order valence-corrected chi connectivity index (χ3v) is 2.76. The van der Waals surface area contributed by atoms with Crippen LogP contribution in [-0.4, -0.2) is 8.42 Å². The molecule has 2 nitrogen and oxygen atoms in total. The minimum absolute atomic E-state index is 0.368. The van der Waals surface area contributed by atoms with Gasteiger partial charge in [-0.2, -0.15) is 8.42 Å². The number of terminal acetylenes is 1. The molecule has 74 valence electrons. The summed E-state index contributed by atoms with van der Waals surface area (Å²) in [5, 5.41) is 0. The highest BCUT2D eigenvalue weighted by Crippen LogP contribution is 2.14. The lowest BCUT2D eigenvalue weighted by molar-refractivity contribution is 0.551. The highest BCUT2D eigenvalue weighted by molar-refractivity contribution is 14.1. The number of hydrogen-bond acceptors (Lipinski definition) is 2. The van der Waals surface area contributed by atoms with Gasteiger partial charge in [-0.25, -0.2) is 0 Å². The summed E-state index contributed by atoms with van der Waals surface area (Å²) in [6.45, 7) is 0. The largest absolute Gasteiger partial charge is 0.306 e. The van der Waals surface area contributed by atoms with Gasteiger partial charge in [-0.3, -0.25) is 0 Å². The topological polar surface area (TPSA) is 34.1 Å². The van der Waals surface area contributed by atoms with E-state index in [0.29, 0.717) is 11.1 Å². The zero-order valence-corrected chi connectivity index (χ0v) is 9.97. The second-order valence-corrected chi connectivity index (χ2v) is 5.29. The van der Waals surface area contributed by atoms with Crippen molar-refractivity contribution in [3.8, 4) is 12.3 Å². The van der Waals surface area contributed by atoms with Crippen LogP contribution in [0.2, 0.25) is 0 Å². The summed E-state index contributed by atoms with van der Waals surface area (Å²) in [5.41, 5.74) is 0.919. The van der Waals surface area contributed by atoms with Crippen molar-refractivity contribution in [2.24, 2.45) is 0 Å². The summed E-state index contributed by atoms with van der Waals surface area (Å²) in [5.74, 6) is 1.75. The first-order chi connectivity index (χ1) is 6.40. The Morgan fingerprint density at radius 1 is 1.43 bits per heavy atom. The van der Waals surface area contributed by atoms with Gasteiger partial charge in [0.05, 0.1) is 0 Å². The maximum atomic E-state index is 12.4. The van der Waals surface area contributed by atoms with Gasteiger partial charge in [0.2, 0.25) is 0 Å². The molecule has 0 aliphatic carbocycles. The zero-order chi connectivity index (χ0) is 10.8. The van der Waals surface area contributed by atoms with Crippen LogP contribution in [0.25, 0.3) is 0 Å². The van der Waals surface area contributed by atoms with Crippen molar-refractivity contribution in [1.82, 2.24) is 0 Å². The Kier molecular flexibility index (Phi) is 3.50. The van der Waals surface area contributed by atoms with Crippen LogP contribution in [0.1, 0.15) is 11.1 Å². The Balaban J connectivity index is 3.12. The van der Waals surface area contributed by atoms with Gasteiger partial charge in [0, 0.05) is 9.13 Å². The number of rotatable bonds is 2. The molecule has 1 rings (SSSR count). The van der Waals surface area contributed by atoms with Gasteiger partial charge in [0.25, 0.3) is 0 Å². The SMILES string of the molecule is C#Cc1cc(I)cc(CS(=O)(=O)F)c1. The number of hydrogen-bond donors (Lipinski definition) is 0. The Hall–Kier alpha value is -0.610. The zero-order valence-electron chi connectivity index (χ0n) is 7.00. The molecule has 0 radical (unpaired) electrons. The molecule has 0 N–H and O–H groups in total. The van der Waals surface area contributed by atoms with Crippen LogP contribution in [0.5, 0.6) is 0 Å². The fourth-order valence-corrected chi connectivity index (χ4v) is 2.32. The van der Waals surface area contributed by atoms with Crippen molar-refractivity contribution in [3.63, 3.8) is 0 Å². The van der Waals surface area contributed by atoms with E-state index in [9.17, 15) is 12.3 Å². The molecular weight excluding hydrogens is 318 g/mol. The summed E-state index contributed by atoms with van der Waals surface area (Å²) < 4.78 is 33.9. The highest BCUT2D eigenvalue weighted by Gasteiger charge is 2.09. The van der Waals surface area contributed by atoms with Crippen molar-refractivity contribution in [2.75, 3.05) is 0 Å². The normalized spacial score (nSPS) is 10.9. The van der Waals surface area contributed by atoms with Gasteiger partial charge in [-0.15, -0.1) is 10.3 Å². The first-order valence-electron chi connectivity index (χ1n) is 3.59. The van der Waals surface area contributed by atoms with Crippen molar-refractivity contribution >= 4 is 32.8 Å². The molecule has 1 aromatic carbocycles. The van der Waals surface area contributed by atoms with Gasteiger partial charge in [0.1, 0.15) is 5.75 Å². The molecule has 0 spiro atoms. The lowest BCUT2D eigenvalue weighted by Gasteiger charge is -2.00. The molecule has 0 atom stereocenters. The molecule has 0 aliphatic rings. The maximum Gasteiger partial charge on any atom is 0.306 e. The minimum atomic E-state index is -4.49. The fourth-order valence-electron chi connectivity index (χ4n) is 1.02. The van der Waals surface area contributed by atoms with E-state index in [-0.39, 0.29) is 0 Å².